The Morgan fingerprint density at radius 1 is 1.37 bits per heavy atom. The van der Waals surface area contributed by atoms with Crippen molar-refractivity contribution in [1.29, 1.82) is 0 Å². The fraction of sp³-hybridized carbons (Fsp3) is 0.929. The topological polar surface area (TPSA) is 78.6 Å². The molecule has 5 nitrogen and oxygen atoms in total. The van der Waals surface area contributed by atoms with Crippen molar-refractivity contribution >= 4 is 5.91 Å². The third kappa shape index (κ3) is 9.87. The molecular weight excluding hydrogens is 242 g/mol. The van der Waals surface area contributed by atoms with Gasteiger partial charge in [0.2, 0.25) is 5.91 Å². The number of nitrogens with zero attached hydrogens (tertiary/aromatic N) is 1. The van der Waals surface area contributed by atoms with Crippen molar-refractivity contribution < 1.29 is 9.90 Å². The van der Waals surface area contributed by atoms with E-state index in [-0.39, 0.29) is 24.4 Å². The molecule has 0 aromatic heterocycles. The van der Waals surface area contributed by atoms with Crippen LogP contribution in [0.2, 0.25) is 0 Å². The second-order valence-electron chi connectivity index (χ2n) is 6.26. The Labute approximate surface area is 117 Å². The second-order valence-corrected chi connectivity index (χ2v) is 6.26. The average molecular weight is 273 g/mol. The summed E-state index contributed by atoms with van der Waals surface area (Å²) in [6, 6.07) is 0.191. The summed E-state index contributed by atoms with van der Waals surface area (Å²) in [5.74, 6) is -0.0300. The van der Waals surface area contributed by atoms with Crippen molar-refractivity contribution in [3.05, 3.63) is 0 Å². The highest BCUT2D eigenvalue weighted by Gasteiger charge is 2.23. The Kier molecular flexibility index (Phi) is 8.22. The molecule has 4 N–H and O–H groups in total. The van der Waals surface area contributed by atoms with Crippen molar-refractivity contribution in [2.24, 2.45) is 11.7 Å². The maximum Gasteiger partial charge on any atom is 0.222 e. The van der Waals surface area contributed by atoms with Crippen molar-refractivity contribution in [3.8, 4) is 0 Å². The van der Waals surface area contributed by atoms with Crippen molar-refractivity contribution in [3.63, 3.8) is 0 Å². The first kappa shape index (κ1) is 18.4. The van der Waals surface area contributed by atoms with E-state index >= 15 is 0 Å². The summed E-state index contributed by atoms with van der Waals surface area (Å²) in [5, 5.41) is 12.9. The van der Waals surface area contributed by atoms with Gasteiger partial charge in [0, 0.05) is 25.0 Å². The van der Waals surface area contributed by atoms with Crippen LogP contribution in [0, 0.1) is 5.92 Å². The average Bonchev–Trinajstić information content (AvgIpc) is 2.23. The Balaban J connectivity index is 3.96. The molecule has 0 aliphatic heterocycles. The van der Waals surface area contributed by atoms with Gasteiger partial charge in [0.1, 0.15) is 0 Å². The van der Waals surface area contributed by atoms with Crippen LogP contribution < -0.4 is 11.1 Å². The summed E-state index contributed by atoms with van der Waals surface area (Å²) in [6.45, 7) is 6.42. The molecule has 114 valence electrons. The van der Waals surface area contributed by atoms with E-state index in [1.54, 1.807) is 6.92 Å². The fourth-order valence-corrected chi connectivity index (χ4v) is 2.07. The number of carbonyl (C=O) groups is 1. The van der Waals surface area contributed by atoms with Crippen LogP contribution in [0.5, 0.6) is 0 Å². The minimum Gasteiger partial charge on any atom is -0.387 e. The Morgan fingerprint density at radius 3 is 2.42 bits per heavy atom. The van der Waals surface area contributed by atoms with Crippen LogP contribution in [-0.4, -0.2) is 54.7 Å². The number of aliphatic hydroxyl groups is 1. The molecule has 0 bridgehead atoms. The molecule has 3 atom stereocenters. The van der Waals surface area contributed by atoms with Crippen LogP contribution in [0.4, 0.5) is 0 Å². The molecule has 0 heterocycles. The number of carbonyl (C=O) groups excluding carboxylic acids is 1. The molecule has 0 aromatic carbocycles. The molecule has 0 fully saturated rings. The smallest absolute Gasteiger partial charge is 0.222 e. The predicted molar refractivity (Wildman–Crippen MR) is 78.9 cm³/mol. The minimum atomic E-state index is -0.898. The molecule has 19 heavy (non-hydrogen) atoms. The van der Waals surface area contributed by atoms with E-state index in [2.05, 4.69) is 5.32 Å². The summed E-state index contributed by atoms with van der Waals surface area (Å²) < 4.78 is 0. The van der Waals surface area contributed by atoms with Crippen LogP contribution >= 0.6 is 0 Å². The Bertz CT molecular complexity index is 265. The van der Waals surface area contributed by atoms with Gasteiger partial charge in [-0.25, -0.2) is 0 Å². The lowest BCUT2D eigenvalue weighted by Gasteiger charge is -2.27. The monoisotopic (exact) mass is 273 g/mol. The van der Waals surface area contributed by atoms with Crippen LogP contribution in [0.15, 0.2) is 0 Å². The van der Waals surface area contributed by atoms with Crippen LogP contribution in [0.1, 0.15) is 40.0 Å². The lowest BCUT2D eigenvalue weighted by molar-refractivity contribution is -0.126. The zero-order valence-corrected chi connectivity index (χ0v) is 13.1. The van der Waals surface area contributed by atoms with Gasteiger partial charge < -0.3 is 21.1 Å². The zero-order valence-electron chi connectivity index (χ0n) is 13.1. The molecule has 0 aliphatic rings. The van der Waals surface area contributed by atoms with E-state index < -0.39 is 5.60 Å². The van der Waals surface area contributed by atoms with Gasteiger partial charge in [0.15, 0.2) is 0 Å². The van der Waals surface area contributed by atoms with Gasteiger partial charge in [-0.2, -0.15) is 0 Å². The molecule has 0 aromatic rings. The first-order valence-electron chi connectivity index (χ1n) is 7.04. The van der Waals surface area contributed by atoms with Gasteiger partial charge in [-0.15, -0.1) is 0 Å². The maximum absolute atomic E-state index is 11.9. The van der Waals surface area contributed by atoms with Crippen LogP contribution in [0.3, 0.4) is 0 Å². The highest BCUT2D eigenvalue weighted by molar-refractivity contribution is 5.78. The number of hydrogen-bond acceptors (Lipinski definition) is 4. The van der Waals surface area contributed by atoms with Crippen molar-refractivity contribution in [2.75, 3.05) is 27.2 Å². The van der Waals surface area contributed by atoms with Crippen LogP contribution in [0.25, 0.3) is 0 Å². The molecule has 1 amide bonds. The number of nitrogens with two attached hydrogens (primary N) is 1. The minimum absolute atomic E-state index is 0.00343. The van der Waals surface area contributed by atoms with E-state index in [0.717, 1.165) is 19.3 Å². The van der Waals surface area contributed by atoms with Gasteiger partial charge in [0.25, 0.3) is 0 Å². The van der Waals surface area contributed by atoms with E-state index in [1.807, 2.05) is 32.8 Å². The molecule has 0 rings (SSSR count). The zero-order chi connectivity index (χ0) is 15.1. The third-order valence-corrected chi connectivity index (χ3v) is 3.04. The van der Waals surface area contributed by atoms with Crippen molar-refractivity contribution in [1.82, 2.24) is 10.2 Å². The van der Waals surface area contributed by atoms with Gasteiger partial charge in [-0.05, 0) is 40.8 Å². The standard InChI is InChI=1S/C14H31N3O2/c1-11(7-6-8-12(2)15)13(18)16-9-14(3,19)10-17(4)5/h11-12,19H,6-10,15H2,1-5H3,(H,16,18). The summed E-state index contributed by atoms with van der Waals surface area (Å²) in [6.07, 6.45) is 2.74. The predicted octanol–water partition coefficient (Wildman–Crippen LogP) is 0.569. The molecule has 0 aliphatic carbocycles. The molecule has 0 saturated heterocycles. The Hall–Kier alpha value is -0.650. The Morgan fingerprint density at radius 2 is 1.95 bits per heavy atom. The van der Waals surface area contributed by atoms with Gasteiger partial charge in [-0.3, -0.25) is 4.79 Å². The van der Waals surface area contributed by atoms with Gasteiger partial charge in [0.05, 0.1) is 5.60 Å². The SMILES string of the molecule is CC(N)CCCC(C)C(=O)NCC(C)(O)CN(C)C. The lowest BCUT2D eigenvalue weighted by atomic mass is 10.0. The van der Waals surface area contributed by atoms with Gasteiger partial charge in [-0.1, -0.05) is 13.3 Å². The van der Waals surface area contributed by atoms with E-state index in [0.29, 0.717) is 6.54 Å². The number of amides is 1. The first-order chi connectivity index (χ1) is 8.64. The molecule has 0 saturated carbocycles. The van der Waals surface area contributed by atoms with E-state index in [4.69, 9.17) is 5.73 Å². The third-order valence-electron chi connectivity index (χ3n) is 3.04. The van der Waals surface area contributed by atoms with E-state index in [9.17, 15) is 9.90 Å². The van der Waals surface area contributed by atoms with E-state index in [1.165, 1.54) is 0 Å². The number of rotatable bonds is 9. The number of likely N-dealkylation sites (N-methyl/N-ethyl adjacent to an activating group) is 1. The normalized spacial score (nSPS) is 17.9. The van der Waals surface area contributed by atoms with Gasteiger partial charge >= 0.3 is 0 Å². The number of nitrogens with one attached hydrogen (secondary N) is 1. The lowest BCUT2D eigenvalue weighted by Crippen LogP contribution is -2.48. The summed E-state index contributed by atoms with van der Waals surface area (Å²) in [7, 11) is 3.79. The molecular formula is C14H31N3O2. The summed E-state index contributed by atoms with van der Waals surface area (Å²) >= 11 is 0. The highest BCUT2D eigenvalue weighted by Crippen LogP contribution is 2.10. The van der Waals surface area contributed by atoms with Crippen molar-refractivity contribution in [2.45, 2.75) is 51.7 Å². The first-order valence-corrected chi connectivity index (χ1v) is 7.04. The number of hydrogen-bond donors (Lipinski definition) is 3. The largest absolute Gasteiger partial charge is 0.387 e. The highest BCUT2D eigenvalue weighted by atomic mass is 16.3. The fourth-order valence-electron chi connectivity index (χ4n) is 2.07. The quantitative estimate of drug-likeness (QED) is 0.574. The molecule has 3 unspecified atom stereocenters. The second kappa shape index (κ2) is 8.51. The summed E-state index contributed by atoms with van der Waals surface area (Å²) in [5.41, 5.74) is 4.78. The van der Waals surface area contributed by atoms with Crippen LogP contribution in [-0.2, 0) is 4.79 Å². The molecule has 0 radical (unpaired) electrons. The molecule has 5 heteroatoms. The maximum atomic E-state index is 11.9. The summed E-state index contributed by atoms with van der Waals surface area (Å²) in [4.78, 5) is 13.8. The molecule has 0 spiro atoms.